The zero-order valence-electron chi connectivity index (χ0n) is 25.9. The van der Waals surface area contributed by atoms with Crippen LogP contribution >= 0.6 is 0 Å². The fourth-order valence-corrected chi connectivity index (χ4v) is 6.13. The predicted octanol–water partition coefficient (Wildman–Crippen LogP) is 11.0. The summed E-state index contributed by atoms with van der Waals surface area (Å²) in [6.45, 7) is 9.06. The van der Waals surface area contributed by atoms with Crippen molar-refractivity contribution >= 4 is 21.5 Å². The van der Waals surface area contributed by atoms with Crippen molar-refractivity contribution < 1.29 is 9.47 Å². The number of methoxy groups -OCH3 is 2. The number of unbranched alkanes of at least 4 members (excludes halogenated alkanes) is 4. The molecule has 2 heteroatoms. The van der Waals surface area contributed by atoms with E-state index in [1.54, 1.807) is 0 Å². The summed E-state index contributed by atoms with van der Waals surface area (Å²) < 4.78 is 12.6. The van der Waals surface area contributed by atoms with Crippen LogP contribution in [0.5, 0.6) is 11.5 Å². The molecule has 0 aliphatic rings. The molecular formula is C38H50O2. The van der Waals surface area contributed by atoms with Gasteiger partial charge in [0, 0.05) is 11.1 Å². The lowest BCUT2D eigenvalue weighted by atomic mass is 9.86. The number of hydrogen-bond donors (Lipinski definition) is 0. The molecule has 0 atom stereocenters. The van der Waals surface area contributed by atoms with E-state index in [1.165, 1.54) is 80.6 Å². The van der Waals surface area contributed by atoms with Crippen LogP contribution in [0.3, 0.4) is 0 Å². The average molecular weight is 539 g/mol. The van der Waals surface area contributed by atoms with Crippen LogP contribution in [0.4, 0.5) is 0 Å². The topological polar surface area (TPSA) is 18.5 Å². The Labute approximate surface area is 243 Å². The van der Waals surface area contributed by atoms with Crippen molar-refractivity contribution in [3.8, 4) is 22.6 Å². The molecule has 4 rings (SSSR count). The maximum atomic E-state index is 6.32. The second-order valence-corrected chi connectivity index (χ2v) is 11.4. The summed E-state index contributed by atoms with van der Waals surface area (Å²) in [6.07, 6.45) is 13.7. The van der Waals surface area contributed by atoms with E-state index in [-0.39, 0.29) is 0 Å². The molecule has 0 aromatic heterocycles. The Morgan fingerprint density at radius 2 is 0.850 bits per heavy atom. The molecule has 2 nitrogen and oxygen atoms in total. The van der Waals surface area contributed by atoms with Crippen molar-refractivity contribution in [3.05, 3.63) is 70.8 Å². The lowest BCUT2D eigenvalue weighted by molar-refractivity contribution is 0.405. The van der Waals surface area contributed by atoms with Gasteiger partial charge >= 0.3 is 0 Å². The van der Waals surface area contributed by atoms with Crippen molar-refractivity contribution in [2.45, 2.75) is 105 Å². The molecule has 0 unspecified atom stereocenters. The first-order chi connectivity index (χ1) is 19.6. The molecule has 0 heterocycles. The van der Waals surface area contributed by atoms with Gasteiger partial charge in [0.25, 0.3) is 0 Å². The highest BCUT2D eigenvalue weighted by Gasteiger charge is 2.24. The summed E-state index contributed by atoms with van der Waals surface area (Å²) in [5.41, 5.74) is 7.81. The first-order valence-electron chi connectivity index (χ1n) is 15.8. The summed E-state index contributed by atoms with van der Waals surface area (Å²) >= 11 is 0. The molecule has 0 spiro atoms. The zero-order valence-corrected chi connectivity index (χ0v) is 25.9. The third-order valence-electron chi connectivity index (χ3n) is 8.36. The molecule has 214 valence electrons. The molecule has 0 saturated heterocycles. The Kier molecular flexibility index (Phi) is 10.9. The van der Waals surface area contributed by atoms with E-state index in [9.17, 15) is 0 Å². The lowest BCUT2D eigenvalue weighted by Crippen LogP contribution is -2.02. The molecule has 40 heavy (non-hydrogen) atoms. The number of fused-ring (bicyclic) bond motifs is 2. The van der Waals surface area contributed by atoms with Gasteiger partial charge < -0.3 is 9.47 Å². The van der Waals surface area contributed by atoms with Gasteiger partial charge in [0.15, 0.2) is 0 Å². The van der Waals surface area contributed by atoms with Gasteiger partial charge in [-0.05, 0) is 107 Å². The van der Waals surface area contributed by atoms with Crippen LogP contribution in [0.2, 0.25) is 0 Å². The van der Waals surface area contributed by atoms with E-state index in [4.69, 9.17) is 9.47 Å². The highest BCUT2D eigenvalue weighted by Crippen LogP contribution is 2.49. The normalized spacial score (nSPS) is 11.4. The van der Waals surface area contributed by atoms with Gasteiger partial charge in [-0.25, -0.2) is 0 Å². The standard InChI is InChI=1S/C38H50O2/c1-7-11-15-27-19-21-33-31(23-27)25-29(17-13-9-3)37(39-5)35(33)36-34-22-20-28(16-12-8-2)24-32(34)26-30(18-14-10-4)38(36)40-6/h19-26H,7-18H2,1-6H3. The van der Waals surface area contributed by atoms with E-state index in [0.29, 0.717) is 0 Å². The molecule has 0 amide bonds. The van der Waals surface area contributed by atoms with E-state index < -0.39 is 0 Å². The van der Waals surface area contributed by atoms with Gasteiger partial charge in [-0.3, -0.25) is 0 Å². The van der Waals surface area contributed by atoms with Crippen LogP contribution in [0.1, 0.15) is 101 Å². The third-order valence-corrected chi connectivity index (χ3v) is 8.36. The molecule has 0 aliphatic heterocycles. The number of ether oxygens (including phenoxy) is 2. The van der Waals surface area contributed by atoms with E-state index >= 15 is 0 Å². The molecular weight excluding hydrogens is 488 g/mol. The Morgan fingerprint density at radius 1 is 0.475 bits per heavy atom. The fraction of sp³-hybridized carbons (Fsp3) is 0.474. The van der Waals surface area contributed by atoms with Crippen LogP contribution in [-0.2, 0) is 25.7 Å². The summed E-state index contributed by atoms with van der Waals surface area (Å²) in [5, 5.41) is 5.12. The second-order valence-electron chi connectivity index (χ2n) is 11.4. The van der Waals surface area contributed by atoms with Crippen molar-refractivity contribution in [3.63, 3.8) is 0 Å². The minimum absolute atomic E-state index is 1.00. The van der Waals surface area contributed by atoms with Gasteiger partial charge in [0.1, 0.15) is 11.5 Å². The molecule has 0 saturated carbocycles. The average Bonchev–Trinajstić information content (AvgIpc) is 2.98. The van der Waals surface area contributed by atoms with Crippen LogP contribution in [0.25, 0.3) is 32.7 Å². The number of hydrogen-bond acceptors (Lipinski definition) is 2. The minimum atomic E-state index is 1.00. The number of benzene rings is 4. The molecule has 0 N–H and O–H groups in total. The minimum Gasteiger partial charge on any atom is -0.496 e. The van der Waals surface area contributed by atoms with Crippen LogP contribution in [0, 0.1) is 0 Å². The van der Waals surface area contributed by atoms with Crippen LogP contribution in [0.15, 0.2) is 48.5 Å². The van der Waals surface area contributed by atoms with Crippen molar-refractivity contribution in [2.24, 2.45) is 0 Å². The monoisotopic (exact) mass is 538 g/mol. The van der Waals surface area contributed by atoms with Crippen molar-refractivity contribution in [1.82, 2.24) is 0 Å². The Bertz CT molecular complexity index is 1310. The maximum absolute atomic E-state index is 6.32. The maximum Gasteiger partial charge on any atom is 0.130 e. The predicted molar refractivity (Wildman–Crippen MR) is 174 cm³/mol. The highest BCUT2D eigenvalue weighted by atomic mass is 16.5. The van der Waals surface area contributed by atoms with Crippen molar-refractivity contribution in [1.29, 1.82) is 0 Å². The molecule has 0 aliphatic carbocycles. The molecule has 4 aromatic carbocycles. The Balaban J connectivity index is 2.09. The fourth-order valence-electron chi connectivity index (χ4n) is 6.13. The first kappa shape index (κ1) is 30.0. The largest absolute Gasteiger partial charge is 0.496 e. The zero-order chi connectivity index (χ0) is 28.5. The molecule has 4 aromatic rings. The lowest BCUT2D eigenvalue weighted by Gasteiger charge is -2.23. The van der Waals surface area contributed by atoms with Gasteiger partial charge in [0.05, 0.1) is 14.2 Å². The molecule has 0 bridgehead atoms. The quantitative estimate of drug-likeness (QED) is 0.150. The summed E-state index contributed by atoms with van der Waals surface area (Å²) in [6, 6.07) is 18.9. The van der Waals surface area contributed by atoms with Gasteiger partial charge in [0.2, 0.25) is 0 Å². The molecule has 0 fully saturated rings. The highest BCUT2D eigenvalue weighted by molar-refractivity contribution is 6.11. The van der Waals surface area contributed by atoms with E-state index in [0.717, 1.165) is 62.9 Å². The van der Waals surface area contributed by atoms with E-state index in [1.807, 2.05) is 14.2 Å². The number of rotatable bonds is 15. The van der Waals surface area contributed by atoms with E-state index in [2.05, 4.69) is 76.2 Å². The summed E-state index contributed by atoms with van der Waals surface area (Å²) in [7, 11) is 3.68. The smallest absolute Gasteiger partial charge is 0.130 e. The van der Waals surface area contributed by atoms with Gasteiger partial charge in [-0.2, -0.15) is 0 Å². The Hall–Kier alpha value is -3.00. The SMILES string of the molecule is CCCCc1ccc2c(-c3c(OC)c(CCCC)cc4cc(CCCC)ccc34)c(OC)c(CCCC)cc2c1. The van der Waals surface area contributed by atoms with Gasteiger partial charge in [-0.1, -0.05) is 89.8 Å². The number of aryl methyl sites for hydroxylation is 4. The first-order valence-corrected chi connectivity index (χ1v) is 15.8. The third kappa shape index (κ3) is 6.48. The summed E-state index contributed by atoms with van der Waals surface area (Å²) in [4.78, 5) is 0. The van der Waals surface area contributed by atoms with Crippen LogP contribution in [-0.4, -0.2) is 14.2 Å². The summed E-state index contributed by atoms with van der Waals surface area (Å²) in [5.74, 6) is 2.01. The Morgan fingerprint density at radius 3 is 1.20 bits per heavy atom. The van der Waals surface area contributed by atoms with Crippen LogP contribution < -0.4 is 9.47 Å². The molecule has 0 radical (unpaired) electrons. The van der Waals surface area contributed by atoms with Crippen molar-refractivity contribution in [2.75, 3.05) is 14.2 Å². The van der Waals surface area contributed by atoms with Gasteiger partial charge in [-0.15, -0.1) is 0 Å². The second kappa shape index (κ2) is 14.6.